The topological polar surface area (TPSA) is 113 Å². The molecule has 1 amide bonds. The molecule has 3 aromatic rings. The number of aromatic nitrogens is 3. The molecule has 3 rings (SSSR count). The van der Waals surface area contributed by atoms with Gasteiger partial charge >= 0.3 is 0 Å². The Morgan fingerprint density at radius 2 is 2.04 bits per heavy atom. The molecule has 27 heavy (non-hydrogen) atoms. The summed E-state index contributed by atoms with van der Waals surface area (Å²) in [7, 11) is 1.88. The number of rotatable bonds is 6. The molecule has 0 atom stereocenters. The Balaban J connectivity index is 1.56. The number of carbonyl (C=O) groups excluding carboxylic acids is 1. The molecule has 9 heteroatoms. The van der Waals surface area contributed by atoms with Gasteiger partial charge in [-0.25, -0.2) is 5.43 Å². The van der Waals surface area contributed by atoms with Crippen molar-refractivity contribution < 1.29 is 15.0 Å². The van der Waals surface area contributed by atoms with E-state index in [4.69, 9.17) is 0 Å². The van der Waals surface area contributed by atoms with Crippen LogP contribution in [-0.2, 0) is 12.8 Å². The first-order valence-electron chi connectivity index (χ1n) is 7.94. The van der Waals surface area contributed by atoms with Gasteiger partial charge in [0.2, 0.25) is 0 Å². The first-order valence-corrected chi connectivity index (χ1v) is 8.93. The highest BCUT2D eigenvalue weighted by atomic mass is 32.2. The van der Waals surface area contributed by atoms with E-state index >= 15 is 0 Å². The minimum absolute atomic E-state index is 0.250. The largest absolute Gasteiger partial charge is 0.504 e. The predicted molar refractivity (Wildman–Crippen MR) is 102 cm³/mol. The van der Waals surface area contributed by atoms with Crippen molar-refractivity contribution in [1.29, 1.82) is 0 Å². The van der Waals surface area contributed by atoms with Crippen molar-refractivity contribution >= 4 is 23.9 Å². The number of hydrazone groups is 1. The summed E-state index contributed by atoms with van der Waals surface area (Å²) in [6.45, 7) is 0. The number of hydrogen-bond donors (Lipinski definition) is 3. The quantitative estimate of drug-likeness (QED) is 0.261. The van der Waals surface area contributed by atoms with Gasteiger partial charge < -0.3 is 14.8 Å². The third-order valence-corrected chi connectivity index (χ3v) is 4.78. The summed E-state index contributed by atoms with van der Waals surface area (Å²) in [5, 5.41) is 31.6. The molecule has 1 heterocycles. The Hall–Kier alpha value is -3.33. The maximum atomic E-state index is 12.1. The van der Waals surface area contributed by atoms with Gasteiger partial charge in [-0.15, -0.1) is 10.2 Å². The number of phenols is 2. The number of para-hydroxylation sites is 1. The fourth-order valence-electron chi connectivity index (χ4n) is 2.18. The van der Waals surface area contributed by atoms with Crippen LogP contribution in [0.1, 0.15) is 21.5 Å². The molecule has 2 aromatic carbocycles. The molecule has 138 valence electrons. The molecule has 1 aromatic heterocycles. The monoisotopic (exact) mass is 383 g/mol. The van der Waals surface area contributed by atoms with Crippen LogP contribution in [-0.4, -0.2) is 37.1 Å². The molecule has 0 fully saturated rings. The molecule has 0 aliphatic heterocycles. The van der Waals surface area contributed by atoms with E-state index in [2.05, 4.69) is 20.7 Å². The molecule has 0 bridgehead atoms. The molecule has 0 spiro atoms. The Kier molecular flexibility index (Phi) is 5.72. The van der Waals surface area contributed by atoms with Gasteiger partial charge in [0.1, 0.15) is 6.33 Å². The Labute approximate surface area is 159 Å². The number of benzene rings is 2. The standard InChI is InChI=1S/C18H17N5O3S/c1-23-11-20-22-18(23)27-10-12-5-7-13(8-6-12)17(26)21-19-9-14-3-2-4-15(24)16(14)25/h2-9,11,24-25H,10H2,1H3,(H,21,26). The lowest BCUT2D eigenvalue weighted by Crippen LogP contribution is -2.17. The summed E-state index contributed by atoms with van der Waals surface area (Å²) >= 11 is 1.56. The van der Waals surface area contributed by atoms with E-state index in [1.165, 1.54) is 12.3 Å². The third kappa shape index (κ3) is 4.64. The van der Waals surface area contributed by atoms with Crippen LogP contribution in [0.3, 0.4) is 0 Å². The average Bonchev–Trinajstić information content (AvgIpc) is 3.08. The van der Waals surface area contributed by atoms with E-state index in [-0.39, 0.29) is 17.4 Å². The van der Waals surface area contributed by atoms with Gasteiger partial charge in [-0.3, -0.25) is 4.79 Å². The molecule has 0 aliphatic carbocycles. The van der Waals surface area contributed by atoms with E-state index in [0.717, 1.165) is 10.7 Å². The molecule has 0 saturated heterocycles. The smallest absolute Gasteiger partial charge is 0.271 e. The Morgan fingerprint density at radius 1 is 1.26 bits per heavy atom. The van der Waals surface area contributed by atoms with E-state index in [0.29, 0.717) is 16.9 Å². The minimum atomic E-state index is -0.376. The van der Waals surface area contributed by atoms with Crippen LogP contribution in [0.25, 0.3) is 0 Å². The highest BCUT2D eigenvalue weighted by Gasteiger charge is 2.07. The second-order valence-corrected chi connectivity index (χ2v) is 6.57. The van der Waals surface area contributed by atoms with Crippen molar-refractivity contribution in [3.63, 3.8) is 0 Å². The van der Waals surface area contributed by atoms with Crippen molar-refractivity contribution in [2.24, 2.45) is 12.1 Å². The first kappa shape index (κ1) is 18.5. The van der Waals surface area contributed by atoms with Crippen LogP contribution in [0.5, 0.6) is 11.5 Å². The second kappa shape index (κ2) is 8.37. The Bertz CT molecular complexity index is 969. The van der Waals surface area contributed by atoms with Gasteiger partial charge in [0.05, 0.1) is 6.21 Å². The summed E-state index contributed by atoms with van der Waals surface area (Å²) < 4.78 is 1.84. The molecule has 0 aliphatic rings. The normalized spacial score (nSPS) is 11.0. The SMILES string of the molecule is Cn1cnnc1SCc1ccc(C(=O)NN=Cc2cccc(O)c2O)cc1. The highest BCUT2D eigenvalue weighted by molar-refractivity contribution is 7.98. The van der Waals surface area contributed by atoms with Crippen LogP contribution in [0.4, 0.5) is 0 Å². The van der Waals surface area contributed by atoms with Gasteiger partial charge in [0, 0.05) is 23.9 Å². The fourth-order valence-corrected chi connectivity index (χ4v) is 3.03. The van der Waals surface area contributed by atoms with Gasteiger partial charge in [-0.05, 0) is 29.8 Å². The number of carbonyl (C=O) groups is 1. The van der Waals surface area contributed by atoms with Gasteiger partial charge in [-0.1, -0.05) is 30.0 Å². The van der Waals surface area contributed by atoms with Crippen molar-refractivity contribution in [2.45, 2.75) is 10.9 Å². The number of nitrogens with one attached hydrogen (secondary N) is 1. The zero-order valence-electron chi connectivity index (χ0n) is 14.4. The number of nitrogens with zero attached hydrogens (tertiary/aromatic N) is 4. The molecule has 0 saturated carbocycles. The zero-order chi connectivity index (χ0) is 19.2. The van der Waals surface area contributed by atoms with E-state index in [9.17, 15) is 15.0 Å². The molecule has 8 nitrogen and oxygen atoms in total. The molecule has 3 N–H and O–H groups in total. The van der Waals surface area contributed by atoms with Crippen molar-refractivity contribution in [1.82, 2.24) is 20.2 Å². The van der Waals surface area contributed by atoms with Crippen LogP contribution in [0.15, 0.2) is 59.0 Å². The summed E-state index contributed by atoms with van der Waals surface area (Å²) in [5.74, 6) is -0.206. The maximum absolute atomic E-state index is 12.1. The number of aromatic hydroxyl groups is 2. The van der Waals surface area contributed by atoms with Crippen molar-refractivity contribution in [2.75, 3.05) is 0 Å². The predicted octanol–water partition coefficient (Wildman–Crippen LogP) is 2.28. The van der Waals surface area contributed by atoms with Gasteiger partial charge in [0.15, 0.2) is 16.7 Å². The zero-order valence-corrected chi connectivity index (χ0v) is 15.2. The lowest BCUT2D eigenvalue weighted by molar-refractivity contribution is 0.0955. The van der Waals surface area contributed by atoms with Gasteiger partial charge in [-0.2, -0.15) is 5.10 Å². The molecular formula is C18H17N5O3S. The summed E-state index contributed by atoms with van der Waals surface area (Å²) in [5.41, 5.74) is 4.19. The second-order valence-electron chi connectivity index (χ2n) is 5.62. The molecule has 0 unspecified atom stereocenters. The summed E-state index contributed by atoms with van der Waals surface area (Å²) in [6, 6.07) is 11.6. The van der Waals surface area contributed by atoms with Gasteiger partial charge in [0.25, 0.3) is 5.91 Å². The number of amides is 1. The number of phenolic OH excluding ortho intramolecular Hbond substituents is 2. The lowest BCUT2D eigenvalue weighted by Gasteiger charge is -2.04. The van der Waals surface area contributed by atoms with E-state index in [1.807, 2.05) is 23.7 Å². The van der Waals surface area contributed by atoms with E-state index in [1.54, 1.807) is 42.4 Å². The number of hydrogen-bond acceptors (Lipinski definition) is 7. The number of thioether (sulfide) groups is 1. The van der Waals surface area contributed by atoms with Crippen LogP contribution in [0, 0.1) is 0 Å². The summed E-state index contributed by atoms with van der Waals surface area (Å²) in [6.07, 6.45) is 2.91. The van der Waals surface area contributed by atoms with Crippen LogP contribution >= 0.6 is 11.8 Å². The highest BCUT2D eigenvalue weighted by Crippen LogP contribution is 2.26. The van der Waals surface area contributed by atoms with Crippen LogP contribution < -0.4 is 5.43 Å². The summed E-state index contributed by atoms with van der Waals surface area (Å²) in [4.78, 5) is 12.1. The first-order chi connectivity index (χ1) is 13.0. The van der Waals surface area contributed by atoms with E-state index < -0.39 is 0 Å². The lowest BCUT2D eigenvalue weighted by atomic mass is 10.1. The number of aryl methyl sites for hydroxylation is 1. The van der Waals surface area contributed by atoms with Crippen molar-refractivity contribution in [3.05, 3.63) is 65.5 Å². The maximum Gasteiger partial charge on any atom is 0.271 e. The molecular weight excluding hydrogens is 366 g/mol. The van der Waals surface area contributed by atoms with Crippen LogP contribution in [0.2, 0.25) is 0 Å². The third-order valence-electron chi connectivity index (χ3n) is 3.67. The minimum Gasteiger partial charge on any atom is -0.504 e. The Morgan fingerprint density at radius 3 is 2.74 bits per heavy atom. The molecule has 0 radical (unpaired) electrons. The average molecular weight is 383 g/mol. The van der Waals surface area contributed by atoms with Crippen molar-refractivity contribution in [3.8, 4) is 11.5 Å². The fraction of sp³-hybridized carbons (Fsp3) is 0.111.